The Bertz CT molecular complexity index is 432. The van der Waals surface area contributed by atoms with Gasteiger partial charge in [0, 0.05) is 11.6 Å². The molecule has 2 saturated carbocycles. The van der Waals surface area contributed by atoms with E-state index in [-0.39, 0.29) is 0 Å². The highest BCUT2D eigenvalue weighted by Crippen LogP contribution is 2.53. The van der Waals surface area contributed by atoms with Crippen LogP contribution < -0.4 is 5.32 Å². The van der Waals surface area contributed by atoms with Crippen LogP contribution in [-0.2, 0) is 0 Å². The van der Waals surface area contributed by atoms with Crippen molar-refractivity contribution in [3.05, 3.63) is 34.6 Å². The normalized spacial score (nSPS) is 39.9. The van der Waals surface area contributed by atoms with Gasteiger partial charge in [0.25, 0.3) is 0 Å². The molecule has 84 valence electrons. The third-order valence-corrected chi connectivity index (χ3v) is 4.54. The lowest BCUT2D eigenvalue weighted by atomic mass is 9.92. The van der Waals surface area contributed by atoms with Crippen LogP contribution in [0.3, 0.4) is 0 Å². The molecule has 1 heteroatoms. The minimum absolute atomic E-state index is 0.625. The molecule has 0 radical (unpaired) electrons. The van der Waals surface area contributed by atoms with E-state index in [2.05, 4.69) is 24.4 Å². The van der Waals surface area contributed by atoms with E-state index in [1.807, 2.05) is 0 Å². The SMILES string of the molecule is CC1=CCC2NC(=C3CC3)[C@H]3CC3CC2=C1. The molecule has 0 aromatic carbocycles. The van der Waals surface area contributed by atoms with E-state index < -0.39 is 0 Å². The van der Waals surface area contributed by atoms with Crippen LogP contribution in [0.2, 0.25) is 0 Å². The topological polar surface area (TPSA) is 12.0 Å². The first-order chi connectivity index (χ1) is 7.81. The minimum Gasteiger partial charge on any atom is -0.381 e. The predicted octanol–water partition coefficient (Wildman–Crippen LogP) is 3.31. The molecule has 0 amide bonds. The number of rotatable bonds is 0. The summed E-state index contributed by atoms with van der Waals surface area (Å²) in [5, 5.41) is 3.86. The van der Waals surface area contributed by atoms with Gasteiger partial charge in [-0.25, -0.2) is 0 Å². The van der Waals surface area contributed by atoms with Crippen molar-refractivity contribution >= 4 is 0 Å². The molecule has 4 aliphatic rings. The van der Waals surface area contributed by atoms with Gasteiger partial charge in [0.1, 0.15) is 0 Å². The summed E-state index contributed by atoms with van der Waals surface area (Å²) in [6.07, 6.45) is 11.5. The van der Waals surface area contributed by atoms with Gasteiger partial charge in [-0.05, 0) is 50.5 Å². The first-order valence-corrected chi connectivity index (χ1v) is 6.67. The minimum atomic E-state index is 0.625. The molecule has 3 fully saturated rings. The standard InChI is InChI=1S/C15H19N/c1-9-2-5-14-12(6-9)7-11-8-13(11)15(16-14)10-3-4-10/h2,6,11,13-14,16H,3-5,7-8H2,1H3/t11?,13-,14?/m0/s1. The van der Waals surface area contributed by atoms with Crippen molar-refractivity contribution in [2.45, 2.75) is 45.1 Å². The second-order valence-corrected chi connectivity index (χ2v) is 5.92. The number of fused-ring (bicyclic) bond motifs is 2. The van der Waals surface area contributed by atoms with Crippen molar-refractivity contribution in [2.75, 3.05) is 0 Å². The van der Waals surface area contributed by atoms with E-state index in [4.69, 9.17) is 0 Å². The molecule has 0 bridgehead atoms. The highest BCUT2D eigenvalue weighted by molar-refractivity contribution is 5.39. The number of hydrogen-bond donors (Lipinski definition) is 1. The van der Waals surface area contributed by atoms with Gasteiger partial charge in [0.15, 0.2) is 0 Å². The second-order valence-electron chi connectivity index (χ2n) is 5.92. The van der Waals surface area contributed by atoms with E-state index in [0.29, 0.717) is 6.04 Å². The Kier molecular flexibility index (Phi) is 1.72. The fraction of sp³-hybridized carbons (Fsp3) is 0.600. The summed E-state index contributed by atoms with van der Waals surface area (Å²) in [4.78, 5) is 0. The molecule has 3 atom stereocenters. The molecule has 1 saturated heterocycles. The third kappa shape index (κ3) is 1.37. The van der Waals surface area contributed by atoms with E-state index in [1.54, 1.807) is 16.8 Å². The Morgan fingerprint density at radius 1 is 1.31 bits per heavy atom. The van der Waals surface area contributed by atoms with Crippen molar-refractivity contribution in [1.29, 1.82) is 0 Å². The van der Waals surface area contributed by atoms with Gasteiger partial charge in [-0.1, -0.05) is 23.3 Å². The summed E-state index contributed by atoms with van der Waals surface area (Å²) in [6, 6.07) is 0.625. The number of allylic oxidation sites excluding steroid dienone is 4. The Hall–Kier alpha value is -0.980. The van der Waals surface area contributed by atoms with Gasteiger partial charge in [0.2, 0.25) is 0 Å². The summed E-state index contributed by atoms with van der Waals surface area (Å²) in [5.74, 6) is 1.88. The Labute approximate surface area is 97.3 Å². The zero-order chi connectivity index (χ0) is 10.7. The lowest BCUT2D eigenvalue weighted by Gasteiger charge is -2.24. The molecule has 1 heterocycles. The quantitative estimate of drug-likeness (QED) is 0.651. The first kappa shape index (κ1) is 9.09. The fourth-order valence-corrected chi connectivity index (χ4v) is 3.38. The highest BCUT2D eigenvalue weighted by Gasteiger charge is 2.46. The smallest absolute Gasteiger partial charge is 0.0508 e. The van der Waals surface area contributed by atoms with Crippen LogP contribution in [0.15, 0.2) is 34.6 Å². The summed E-state index contributed by atoms with van der Waals surface area (Å²) < 4.78 is 0. The zero-order valence-electron chi connectivity index (χ0n) is 9.92. The van der Waals surface area contributed by atoms with Crippen molar-refractivity contribution in [2.24, 2.45) is 11.8 Å². The Balaban J connectivity index is 1.69. The summed E-state index contributed by atoms with van der Waals surface area (Å²) in [6.45, 7) is 2.23. The van der Waals surface area contributed by atoms with Gasteiger partial charge in [-0.2, -0.15) is 0 Å². The van der Waals surface area contributed by atoms with Crippen molar-refractivity contribution in [3.63, 3.8) is 0 Å². The van der Waals surface area contributed by atoms with Crippen molar-refractivity contribution in [3.8, 4) is 0 Å². The average Bonchev–Trinajstić information content (AvgIpc) is 3.10. The molecule has 3 aliphatic carbocycles. The van der Waals surface area contributed by atoms with E-state index in [9.17, 15) is 0 Å². The monoisotopic (exact) mass is 213 g/mol. The molecular weight excluding hydrogens is 194 g/mol. The van der Waals surface area contributed by atoms with E-state index in [1.165, 1.54) is 37.7 Å². The number of nitrogens with one attached hydrogen (secondary N) is 1. The molecular formula is C15H19N. The van der Waals surface area contributed by atoms with E-state index in [0.717, 1.165) is 11.8 Å². The van der Waals surface area contributed by atoms with E-state index >= 15 is 0 Å². The van der Waals surface area contributed by atoms with Gasteiger partial charge < -0.3 is 5.32 Å². The Morgan fingerprint density at radius 3 is 3.00 bits per heavy atom. The van der Waals surface area contributed by atoms with Crippen molar-refractivity contribution in [1.82, 2.24) is 5.32 Å². The van der Waals surface area contributed by atoms with Crippen LogP contribution >= 0.6 is 0 Å². The molecule has 0 spiro atoms. The molecule has 1 nitrogen and oxygen atoms in total. The Morgan fingerprint density at radius 2 is 2.19 bits per heavy atom. The maximum absolute atomic E-state index is 3.86. The van der Waals surface area contributed by atoms with Gasteiger partial charge in [-0.15, -0.1) is 0 Å². The summed E-state index contributed by atoms with van der Waals surface area (Å²) >= 11 is 0. The molecule has 16 heavy (non-hydrogen) atoms. The molecule has 2 unspecified atom stereocenters. The predicted molar refractivity (Wildman–Crippen MR) is 65.9 cm³/mol. The highest BCUT2D eigenvalue weighted by atomic mass is 15.0. The van der Waals surface area contributed by atoms with Crippen molar-refractivity contribution < 1.29 is 0 Å². The molecule has 0 aromatic heterocycles. The van der Waals surface area contributed by atoms with Crippen LogP contribution in [0.5, 0.6) is 0 Å². The summed E-state index contributed by atoms with van der Waals surface area (Å²) in [5.41, 5.74) is 6.53. The van der Waals surface area contributed by atoms with Crippen LogP contribution in [-0.4, -0.2) is 6.04 Å². The number of hydrogen-bond acceptors (Lipinski definition) is 1. The van der Waals surface area contributed by atoms with Gasteiger partial charge in [0.05, 0.1) is 6.04 Å². The van der Waals surface area contributed by atoms with Crippen LogP contribution in [0.25, 0.3) is 0 Å². The zero-order valence-corrected chi connectivity index (χ0v) is 9.92. The van der Waals surface area contributed by atoms with Crippen LogP contribution in [0.1, 0.15) is 39.0 Å². The maximum Gasteiger partial charge on any atom is 0.0508 e. The first-order valence-electron chi connectivity index (χ1n) is 6.67. The largest absolute Gasteiger partial charge is 0.381 e. The lowest BCUT2D eigenvalue weighted by Crippen LogP contribution is -2.30. The van der Waals surface area contributed by atoms with Gasteiger partial charge in [-0.3, -0.25) is 0 Å². The van der Waals surface area contributed by atoms with Crippen LogP contribution in [0, 0.1) is 11.8 Å². The summed E-state index contributed by atoms with van der Waals surface area (Å²) in [7, 11) is 0. The molecule has 1 aliphatic heterocycles. The average molecular weight is 213 g/mol. The van der Waals surface area contributed by atoms with Crippen LogP contribution in [0.4, 0.5) is 0 Å². The van der Waals surface area contributed by atoms with Gasteiger partial charge >= 0.3 is 0 Å². The second kappa shape index (κ2) is 3.03. The maximum atomic E-state index is 3.86. The molecule has 0 aromatic rings. The lowest BCUT2D eigenvalue weighted by molar-refractivity contribution is 0.613. The molecule has 4 rings (SSSR count). The fourth-order valence-electron chi connectivity index (χ4n) is 3.38. The third-order valence-electron chi connectivity index (χ3n) is 4.54. The molecule has 1 N–H and O–H groups in total.